The zero-order valence-electron chi connectivity index (χ0n) is 12.5. The molecule has 0 amide bonds. The molecular weight excluding hydrogens is 292 g/mol. The van der Waals surface area contributed by atoms with E-state index in [1.165, 1.54) is 23.9 Å². The Kier molecular flexibility index (Phi) is 4.43. The van der Waals surface area contributed by atoms with Crippen LogP contribution in [-0.2, 0) is 17.1 Å². The highest BCUT2D eigenvalue weighted by Gasteiger charge is 2.31. The summed E-state index contributed by atoms with van der Waals surface area (Å²) < 4.78 is 28.9. The van der Waals surface area contributed by atoms with Crippen LogP contribution < -0.4 is 4.72 Å². The molecular formula is C14H22N2O4S. The molecule has 0 aromatic carbocycles. The van der Waals surface area contributed by atoms with Gasteiger partial charge in [0, 0.05) is 19.3 Å². The van der Waals surface area contributed by atoms with Crippen LogP contribution in [-0.4, -0.2) is 30.1 Å². The Labute approximate surface area is 125 Å². The lowest BCUT2D eigenvalue weighted by molar-refractivity contribution is 0.0686. The van der Waals surface area contributed by atoms with Crippen LogP contribution in [0.3, 0.4) is 0 Å². The Morgan fingerprint density at radius 1 is 1.38 bits per heavy atom. The van der Waals surface area contributed by atoms with Crippen molar-refractivity contribution in [3.05, 3.63) is 18.0 Å². The highest BCUT2D eigenvalue weighted by Crippen LogP contribution is 2.30. The molecule has 3 unspecified atom stereocenters. The Balaban J connectivity index is 2.22. The Hall–Kier alpha value is -1.34. The third kappa shape index (κ3) is 3.29. The number of aryl methyl sites for hydroxylation is 1. The van der Waals surface area contributed by atoms with Gasteiger partial charge in [0.15, 0.2) is 0 Å². The van der Waals surface area contributed by atoms with Crippen molar-refractivity contribution in [2.75, 3.05) is 0 Å². The summed E-state index contributed by atoms with van der Waals surface area (Å²) in [4.78, 5) is 11.0. The molecule has 0 spiro atoms. The second kappa shape index (κ2) is 5.81. The van der Waals surface area contributed by atoms with Gasteiger partial charge >= 0.3 is 5.97 Å². The van der Waals surface area contributed by atoms with Crippen molar-refractivity contribution >= 4 is 16.0 Å². The van der Waals surface area contributed by atoms with Crippen LogP contribution in [0, 0.1) is 11.8 Å². The van der Waals surface area contributed by atoms with E-state index in [9.17, 15) is 13.2 Å². The van der Waals surface area contributed by atoms with Crippen LogP contribution in [0.15, 0.2) is 17.2 Å². The maximum atomic E-state index is 12.4. The minimum absolute atomic E-state index is 0.00725. The van der Waals surface area contributed by atoms with Crippen molar-refractivity contribution in [2.24, 2.45) is 18.9 Å². The lowest BCUT2D eigenvalue weighted by Crippen LogP contribution is -2.43. The molecule has 1 aliphatic carbocycles. The van der Waals surface area contributed by atoms with Gasteiger partial charge in [-0.05, 0) is 24.3 Å². The van der Waals surface area contributed by atoms with E-state index in [1.54, 1.807) is 0 Å². The first-order valence-corrected chi connectivity index (χ1v) is 8.62. The number of aromatic carboxylic acids is 1. The second-order valence-corrected chi connectivity index (χ2v) is 7.69. The molecule has 3 atom stereocenters. The molecule has 1 aromatic rings. The monoisotopic (exact) mass is 314 g/mol. The Morgan fingerprint density at radius 2 is 2.05 bits per heavy atom. The van der Waals surface area contributed by atoms with Crippen molar-refractivity contribution in [1.29, 1.82) is 0 Å². The smallest absolute Gasteiger partial charge is 0.352 e. The van der Waals surface area contributed by atoms with Gasteiger partial charge in [0.05, 0.1) is 0 Å². The molecule has 1 saturated carbocycles. The van der Waals surface area contributed by atoms with E-state index < -0.39 is 16.0 Å². The topological polar surface area (TPSA) is 88.4 Å². The summed E-state index contributed by atoms with van der Waals surface area (Å²) in [5.41, 5.74) is -0.0413. The first kappa shape index (κ1) is 16.0. The summed E-state index contributed by atoms with van der Waals surface area (Å²) in [7, 11) is -2.16. The van der Waals surface area contributed by atoms with Gasteiger partial charge in [0.2, 0.25) is 10.0 Å². The second-order valence-electron chi connectivity index (χ2n) is 5.97. The Morgan fingerprint density at radius 3 is 2.62 bits per heavy atom. The number of carboxylic acid groups (broad SMARTS) is 1. The number of hydrogen-bond donors (Lipinski definition) is 2. The first-order valence-electron chi connectivity index (χ1n) is 7.14. The summed E-state index contributed by atoms with van der Waals surface area (Å²) in [5.74, 6) is -0.383. The number of hydrogen-bond acceptors (Lipinski definition) is 3. The van der Waals surface area contributed by atoms with E-state index >= 15 is 0 Å². The maximum Gasteiger partial charge on any atom is 0.352 e. The number of carbonyl (C=O) groups is 1. The van der Waals surface area contributed by atoms with Gasteiger partial charge in [-0.25, -0.2) is 17.9 Å². The molecule has 21 heavy (non-hydrogen) atoms. The highest BCUT2D eigenvalue weighted by atomic mass is 32.2. The van der Waals surface area contributed by atoms with Gasteiger partial charge in [0.1, 0.15) is 10.6 Å². The number of sulfonamides is 1. The molecule has 0 bridgehead atoms. The third-order valence-electron chi connectivity index (χ3n) is 4.52. The van der Waals surface area contributed by atoms with Crippen LogP contribution in [0.4, 0.5) is 0 Å². The van der Waals surface area contributed by atoms with Gasteiger partial charge in [-0.2, -0.15) is 0 Å². The fourth-order valence-corrected chi connectivity index (χ4v) is 4.34. The van der Waals surface area contributed by atoms with Crippen LogP contribution in [0.5, 0.6) is 0 Å². The van der Waals surface area contributed by atoms with E-state index in [0.717, 1.165) is 19.3 Å². The zero-order chi connectivity index (χ0) is 15.8. The molecule has 0 saturated heterocycles. The van der Waals surface area contributed by atoms with Crippen LogP contribution >= 0.6 is 0 Å². The SMILES string of the molecule is CC1CCCC(NS(=O)(=O)c2cc(C(=O)O)n(C)c2)C1C. The van der Waals surface area contributed by atoms with E-state index in [0.29, 0.717) is 5.92 Å². The predicted molar refractivity (Wildman–Crippen MR) is 78.7 cm³/mol. The molecule has 6 nitrogen and oxygen atoms in total. The van der Waals surface area contributed by atoms with Crippen molar-refractivity contribution in [2.45, 2.75) is 44.0 Å². The average Bonchev–Trinajstić information content (AvgIpc) is 2.78. The molecule has 1 fully saturated rings. The van der Waals surface area contributed by atoms with Crippen molar-refractivity contribution in [3.8, 4) is 0 Å². The highest BCUT2D eigenvalue weighted by molar-refractivity contribution is 7.89. The summed E-state index contributed by atoms with van der Waals surface area (Å²) in [6.45, 7) is 4.20. The van der Waals surface area contributed by atoms with Crippen LogP contribution in [0.1, 0.15) is 43.6 Å². The van der Waals surface area contributed by atoms with Crippen LogP contribution in [0.25, 0.3) is 0 Å². The van der Waals surface area contributed by atoms with Crippen LogP contribution in [0.2, 0.25) is 0 Å². The number of nitrogens with zero attached hydrogens (tertiary/aromatic N) is 1. The minimum atomic E-state index is -3.69. The van der Waals surface area contributed by atoms with Crippen molar-refractivity contribution in [3.63, 3.8) is 0 Å². The number of nitrogens with one attached hydrogen (secondary N) is 1. The number of aromatic nitrogens is 1. The van der Waals surface area contributed by atoms with E-state index in [4.69, 9.17) is 5.11 Å². The first-order chi connectivity index (χ1) is 9.72. The van der Waals surface area contributed by atoms with Gasteiger partial charge < -0.3 is 9.67 Å². The third-order valence-corrected chi connectivity index (χ3v) is 5.98. The average molecular weight is 314 g/mol. The van der Waals surface area contributed by atoms with Gasteiger partial charge in [-0.1, -0.05) is 26.7 Å². The Bertz CT molecular complexity index is 635. The number of rotatable bonds is 4. The van der Waals surface area contributed by atoms with Gasteiger partial charge in [0.25, 0.3) is 0 Å². The van der Waals surface area contributed by atoms with E-state index in [2.05, 4.69) is 18.6 Å². The fourth-order valence-electron chi connectivity index (χ4n) is 2.91. The molecule has 2 N–H and O–H groups in total. The molecule has 1 aromatic heterocycles. The molecule has 0 aliphatic heterocycles. The fraction of sp³-hybridized carbons (Fsp3) is 0.643. The minimum Gasteiger partial charge on any atom is -0.477 e. The summed E-state index contributed by atoms with van der Waals surface area (Å²) in [5, 5.41) is 9.01. The molecule has 2 rings (SSSR count). The standard InChI is InChI=1S/C14H22N2O4S/c1-9-5-4-6-12(10(9)2)15-21(19,20)11-7-13(14(17)18)16(3)8-11/h7-10,12,15H,4-6H2,1-3H3,(H,17,18). The lowest BCUT2D eigenvalue weighted by atomic mass is 9.78. The maximum absolute atomic E-state index is 12.4. The van der Waals surface area contributed by atoms with Crippen molar-refractivity contribution in [1.82, 2.24) is 9.29 Å². The quantitative estimate of drug-likeness (QED) is 0.887. The normalized spacial score (nSPS) is 26.7. The molecule has 118 valence electrons. The summed E-state index contributed by atoms with van der Waals surface area (Å²) in [6, 6.07) is 1.11. The van der Waals surface area contributed by atoms with E-state index in [-0.39, 0.29) is 22.5 Å². The largest absolute Gasteiger partial charge is 0.477 e. The molecule has 1 heterocycles. The summed E-state index contributed by atoms with van der Waals surface area (Å²) in [6.07, 6.45) is 4.29. The predicted octanol–water partition coefficient (Wildman–Crippen LogP) is 1.83. The van der Waals surface area contributed by atoms with Crippen molar-refractivity contribution < 1.29 is 18.3 Å². The zero-order valence-corrected chi connectivity index (χ0v) is 13.4. The molecule has 1 aliphatic rings. The summed E-state index contributed by atoms with van der Waals surface area (Å²) >= 11 is 0. The van der Waals surface area contributed by atoms with Gasteiger partial charge in [-0.15, -0.1) is 0 Å². The van der Waals surface area contributed by atoms with E-state index in [1.807, 2.05) is 0 Å². The number of carboxylic acids is 1. The molecule has 0 radical (unpaired) electrons. The molecule has 7 heteroatoms. The van der Waals surface area contributed by atoms with Gasteiger partial charge in [-0.3, -0.25) is 0 Å². The lowest BCUT2D eigenvalue weighted by Gasteiger charge is -2.34.